The van der Waals surface area contributed by atoms with Gasteiger partial charge in [-0.2, -0.15) is 0 Å². The van der Waals surface area contributed by atoms with Crippen molar-refractivity contribution in [3.63, 3.8) is 0 Å². The fraction of sp³-hybridized carbons (Fsp3) is 0. The second-order valence-electron chi connectivity index (χ2n) is 10.3. The molecule has 0 amide bonds. The van der Waals surface area contributed by atoms with Crippen LogP contribution in [0.15, 0.2) is 152 Å². The molecule has 0 bridgehead atoms. The zero-order chi connectivity index (χ0) is 27.2. The van der Waals surface area contributed by atoms with Crippen molar-refractivity contribution in [3.05, 3.63) is 152 Å². The van der Waals surface area contributed by atoms with Gasteiger partial charge < -0.3 is 0 Å². The van der Waals surface area contributed by atoms with E-state index in [1.165, 1.54) is 27.1 Å². The molecule has 0 aliphatic heterocycles. The van der Waals surface area contributed by atoms with Gasteiger partial charge in [0.05, 0.1) is 22.4 Å². The first-order valence-corrected chi connectivity index (χ1v) is 13.9. The predicted octanol–water partition coefficient (Wildman–Crippen LogP) is 9.73. The highest BCUT2D eigenvalue weighted by Gasteiger charge is 2.19. The monoisotopic (exact) mass is 523 g/mol. The molecule has 8 rings (SSSR count). The summed E-state index contributed by atoms with van der Waals surface area (Å²) in [6.07, 6.45) is 0. The first-order valence-electron chi connectivity index (χ1n) is 13.9. The normalized spacial score (nSPS) is 11.4. The maximum Gasteiger partial charge on any atom is 0.235 e. The molecule has 0 aliphatic rings. The lowest BCUT2D eigenvalue weighted by molar-refractivity contribution is 0.996. The third kappa shape index (κ3) is 3.98. The Balaban J connectivity index is 1.49. The van der Waals surface area contributed by atoms with Gasteiger partial charge in [0.15, 0.2) is 0 Å². The third-order valence-corrected chi connectivity index (χ3v) is 7.82. The van der Waals surface area contributed by atoms with E-state index >= 15 is 0 Å². The molecule has 0 spiro atoms. The topological polar surface area (TPSA) is 30.7 Å². The molecule has 2 aromatic heterocycles. The van der Waals surface area contributed by atoms with Crippen LogP contribution in [-0.2, 0) is 0 Å². The van der Waals surface area contributed by atoms with E-state index in [9.17, 15) is 0 Å². The summed E-state index contributed by atoms with van der Waals surface area (Å²) in [5.74, 6) is 0.658. The molecule has 0 aliphatic carbocycles. The van der Waals surface area contributed by atoms with Gasteiger partial charge in [-0.25, -0.2) is 9.97 Å². The summed E-state index contributed by atoms with van der Waals surface area (Å²) in [5, 5.41) is 4.85. The molecule has 3 heteroatoms. The van der Waals surface area contributed by atoms with Gasteiger partial charge in [0, 0.05) is 21.9 Å². The van der Waals surface area contributed by atoms with Crippen molar-refractivity contribution in [2.45, 2.75) is 0 Å². The highest BCUT2D eigenvalue weighted by molar-refractivity contribution is 6.21. The number of fused-ring (bicyclic) bond motifs is 5. The molecule has 0 fully saturated rings. The lowest BCUT2D eigenvalue weighted by Gasteiger charge is -2.12. The predicted molar refractivity (Wildman–Crippen MR) is 170 cm³/mol. The van der Waals surface area contributed by atoms with Gasteiger partial charge in [-0.05, 0) is 40.1 Å². The Morgan fingerprint density at radius 3 is 1.63 bits per heavy atom. The molecule has 0 saturated heterocycles. The van der Waals surface area contributed by atoms with Crippen molar-refractivity contribution in [2.75, 3.05) is 0 Å². The fourth-order valence-electron chi connectivity index (χ4n) is 5.86. The third-order valence-electron chi connectivity index (χ3n) is 7.82. The number of aromatic nitrogens is 3. The molecular formula is C38H25N3. The average molecular weight is 524 g/mol. The highest BCUT2D eigenvalue weighted by Crippen LogP contribution is 2.38. The molecule has 8 aromatic rings. The van der Waals surface area contributed by atoms with Gasteiger partial charge in [0.1, 0.15) is 0 Å². The molecule has 192 valence electrons. The quantitative estimate of drug-likeness (QED) is 0.230. The van der Waals surface area contributed by atoms with E-state index in [1.807, 2.05) is 12.1 Å². The lowest BCUT2D eigenvalue weighted by Crippen LogP contribution is -2.04. The van der Waals surface area contributed by atoms with Crippen molar-refractivity contribution in [3.8, 4) is 39.6 Å². The molecular weight excluding hydrogens is 498 g/mol. The Morgan fingerprint density at radius 1 is 0.390 bits per heavy atom. The summed E-state index contributed by atoms with van der Waals surface area (Å²) in [6.45, 7) is 0. The SMILES string of the molecule is c1ccc(-c2ccc3c4c5ccccc5ccc4n(-c4nc(-c5ccccc5)cc(-c5ccccc5)n4)c3c2)cc1. The Labute approximate surface area is 238 Å². The maximum absolute atomic E-state index is 5.21. The summed E-state index contributed by atoms with van der Waals surface area (Å²) >= 11 is 0. The van der Waals surface area contributed by atoms with Crippen molar-refractivity contribution in [2.24, 2.45) is 0 Å². The molecule has 0 N–H and O–H groups in total. The van der Waals surface area contributed by atoms with Gasteiger partial charge in [0.25, 0.3) is 0 Å². The summed E-state index contributed by atoms with van der Waals surface area (Å²) in [6, 6.07) is 53.1. The van der Waals surface area contributed by atoms with Crippen LogP contribution in [0.4, 0.5) is 0 Å². The van der Waals surface area contributed by atoms with Gasteiger partial charge >= 0.3 is 0 Å². The number of nitrogens with zero attached hydrogens (tertiary/aromatic N) is 3. The van der Waals surface area contributed by atoms with Crippen LogP contribution in [0.25, 0.3) is 72.2 Å². The second kappa shape index (κ2) is 9.58. The van der Waals surface area contributed by atoms with Gasteiger partial charge in [-0.1, -0.05) is 133 Å². The van der Waals surface area contributed by atoms with Crippen molar-refractivity contribution < 1.29 is 0 Å². The number of hydrogen-bond acceptors (Lipinski definition) is 2. The largest absolute Gasteiger partial charge is 0.278 e. The summed E-state index contributed by atoms with van der Waals surface area (Å²) < 4.78 is 2.24. The standard InChI is InChI=1S/C38H25N3/c1-4-12-26(13-5-1)30-20-22-32-36(24-30)41(35-23-21-27-14-10-11-19-31(27)37(32)35)38-39-33(28-15-6-2-7-16-28)25-34(40-38)29-17-8-3-9-18-29/h1-25H. The van der Waals surface area contributed by atoms with Crippen LogP contribution in [0.2, 0.25) is 0 Å². The smallest absolute Gasteiger partial charge is 0.235 e. The minimum atomic E-state index is 0.658. The van der Waals surface area contributed by atoms with Crippen LogP contribution in [-0.4, -0.2) is 14.5 Å². The highest BCUT2D eigenvalue weighted by atomic mass is 15.2. The van der Waals surface area contributed by atoms with Crippen LogP contribution in [0.3, 0.4) is 0 Å². The lowest BCUT2D eigenvalue weighted by atomic mass is 10.0. The van der Waals surface area contributed by atoms with E-state index in [2.05, 4.69) is 144 Å². The fourth-order valence-corrected chi connectivity index (χ4v) is 5.86. The Hall–Kier alpha value is -5.54. The zero-order valence-corrected chi connectivity index (χ0v) is 22.3. The number of rotatable bonds is 4. The first-order chi connectivity index (χ1) is 20.3. The zero-order valence-electron chi connectivity index (χ0n) is 22.3. The molecule has 2 heterocycles. The van der Waals surface area contributed by atoms with Crippen molar-refractivity contribution >= 4 is 32.6 Å². The van der Waals surface area contributed by atoms with Gasteiger partial charge in [-0.3, -0.25) is 4.57 Å². The summed E-state index contributed by atoms with van der Waals surface area (Å²) in [4.78, 5) is 10.4. The van der Waals surface area contributed by atoms with E-state index < -0.39 is 0 Å². The molecule has 0 atom stereocenters. The molecule has 0 saturated carbocycles. The van der Waals surface area contributed by atoms with E-state index in [4.69, 9.17) is 9.97 Å². The Morgan fingerprint density at radius 2 is 0.976 bits per heavy atom. The molecule has 3 nitrogen and oxygen atoms in total. The second-order valence-corrected chi connectivity index (χ2v) is 10.3. The Bertz CT molecular complexity index is 2120. The summed E-state index contributed by atoms with van der Waals surface area (Å²) in [7, 11) is 0. The van der Waals surface area contributed by atoms with Crippen LogP contribution >= 0.6 is 0 Å². The van der Waals surface area contributed by atoms with E-state index in [1.54, 1.807) is 0 Å². The minimum Gasteiger partial charge on any atom is -0.278 e. The summed E-state index contributed by atoms with van der Waals surface area (Å²) in [5.41, 5.74) is 8.42. The molecule has 6 aromatic carbocycles. The van der Waals surface area contributed by atoms with E-state index in [0.29, 0.717) is 5.95 Å². The first kappa shape index (κ1) is 23.4. The minimum absolute atomic E-state index is 0.658. The van der Waals surface area contributed by atoms with Crippen LogP contribution in [0.1, 0.15) is 0 Å². The number of benzene rings is 6. The Kier molecular flexibility index (Phi) is 5.46. The van der Waals surface area contributed by atoms with E-state index in [-0.39, 0.29) is 0 Å². The van der Waals surface area contributed by atoms with Crippen molar-refractivity contribution in [1.82, 2.24) is 14.5 Å². The van der Waals surface area contributed by atoms with Crippen molar-refractivity contribution in [1.29, 1.82) is 0 Å². The average Bonchev–Trinajstić information content (AvgIpc) is 3.40. The molecule has 0 radical (unpaired) electrons. The number of hydrogen-bond donors (Lipinski definition) is 0. The van der Waals surface area contributed by atoms with Crippen LogP contribution in [0.5, 0.6) is 0 Å². The van der Waals surface area contributed by atoms with E-state index in [0.717, 1.165) is 39.1 Å². The molecule has 0 unspecified atom stereocenters. The molecule has 41 heavy (non-hydrogen) atoms. The van der Waals surface area contributed by atoms with Crippen LogP contribution in [0, 0.1) is 0 Å². The van der Waals surface area contributed by atoms with Crippen LogP contribution < -0.4 is 0 Å². The van der Waals surface area contributed by atoms with Gasteiger partial charge in [-0.15, -0.1) is 0 Å². The maximum atomic E-state index is 5.21. The van der Waals surface area contributed by atoms with Gasteiger partial charge in [0.2, 0.25) is 5.95 Å².